The molecule has 15 heavy (non-hydrogen) atoms. The Morgan fingerprint density at radius 3 is 2.93 bits per heavy atom. The van der Waals surface area contributed by atoms with Crippen molar-refractivity contribution in [2.24, 2.45) is 0 Å². The van der Waals surface area contributed by atoms with Gasteiger partial charge >= 0.3 is 0 Å². The molecular formula is C11H13ClFNO. The zero-order valence-corrected chi connectivity index (χ0v) is 9.22. The molecule has 1 aromatic carbocycles. The van der Waals surface area contributed by atoms with Gasteiger partial charge < -0.3 is 10.1 Å². The molecule has 4 heteroatoms. The van der Waals surface area contributed by atoms with Crippen molar-refractivity contribution in [1.29, 1.82) is 0 Å². The molecule has 2 atom stereocenters. The molecule has 82 valence electrons. The molecular weight excluding hydrogens is 217 g/mol. The topological polar surface area (TPSA) is 21.3 Å². The van der Waals surface area contributed by atoms with Gasteiger partial charge in [0.2, 0.25) is 0 Å². The minimum Gasteiger partial charge on any atom is -0.380 e. The second kappa shape index (κ2) is 4.37. The van der Waals surface area contributed by atoms with Crippen molar-refractivity contribution in [3.63, 3.8) is 0 Å². The van der Waals surface area contributed by atoms with Gasteiger partial charge in [-0.05, 0) is 31.5 Å². The number of ether oxygens (including phenoxy) is 1. The molecule has 1 aromatic rings. The normalized spacial score (nSPS) is 25.5. The number of rotatable bonds is 2. The molecule has 2 nitrogen and oxygen atoms in total. The maximum absolute atomic E-state index is 13.1. The molecule has 0 bridgehead atoms. The van der Waals surface area contributed by atoms with E-state index in [1.54, 1.807) is 12.1 Å². The molecule has 1 aliphatic heterocycles. The fourth-order valence-electron chi connectivity index (χ4n) is 1.72. The Kier molecular flexibility index (Phi) is 3.12. The van der Waals surface area contributed by atoms with E-state index in [0.29, 0.717) is 0 Å². The summed E-state index contributed by atoms with van der Waals surface area (Å²) < 4.78 is 18.6. The van der Waals surface area contributed by atoms with Crippen molar-refractivity contribution in [2.45, 2.75) is 25.5 Å². The Balaban J connectivity index is 2.07. The fraction of sp³-hybridized carbons (Fsp3) is 0.455. The smallest absolute Gasteiger partial charge is 0.143 e. The quantitative estimate of drug-likeness (QED) is 0.842. The van der Waals surface area contributed by atoms with Gasteiger partial charge in [-0.15, -0.1) is 0 Å². The molecule has 2 unspecified atom stereocenters. The molecule has 2 rings (SSSR count). The summed E-state index contributed by atoms with van der Waals surface area (Å²) >= 11 is 5.60. The summed E-state index contributed by atoms with van der Waals surface area (Å²) in [6.07, 6.45) is 1.12. The second-order valence-electron chi connectivity index (χ2n) is 3.74. The van der Waals surface area contributed by atoms with E-state index in [4.69, 9.17) is 16.3 Å². The van der Waals surface area contributed by atoms with Crippen LogP contribution in [-0.2, 0) is 4.74 Å². The highest BCUT2D eigenvalue weighted by molar-refractivity contribution is 6.30. The molecule has 1 fully saturated rings. The highest BCUT2D eigenvalue weighted by Crippen LogP contribution is 2.22. The third-order valence-corrected chi connectivity index (χ3v) is 2.95. The van der Waals surface area contributed by atoms with Gasteiger partial charge in [-0.3, -0.25) is 0 Å². The molecule has 1 heterocycles. The number of anilines is 1. The van der Waals surface area contributed by atoms with Gasteiger partial charge in [0.25, 0.3) is 0 Å². The van der Waals surface area contributed by atoms with Crippen molar-refractivity contribution in [1.82, 2.24) is 0 Å². The Bertz CT molecular complexity index is 358. The van der Waals surface area contributed by atoms with Crippen LogP contribution in [0.5, 0.6) is 0 Å². The van der Waals surface area contributed by atoms with Crippen LogP contribution in [0.2, 0.25) is 5.02 Å². The van der Waals surface area contributed by atoms with E-state index in [-0.39, 0.29) is 17.2 Å². The van der Waals surface area contributed by atoms with Crippen LogP contribution in [0.25, 0.3) is 0 Å². The van der Waals surface area contributed by atoms with Gasteiger partial charge in [-0.25, -0.2) is 4.39 Å². The average Bonchev–Trinajstić information content (AvgIpc) is 2.59. The Morgan fingerprint density at radius 2 is 2.33 bits per heavy atom. The van der Waals surface area contributed by atoms with Gasteiger partial charge in [-0.2, -0.15) is 0 Å². The highest BCUT2D eigenvalue weighted by atomic mass is 35.5. The van der Waals surface area contributed by atoms with E-state index in [2.05, 4.69) is 5.32 Å². The zero-order chi connectivity index (χ0) is 10.8. The number of hydrogen-bond acceptors (Lipinski definition) is 2. The summed E-state index contributed by atoms with van der Waals surface area (Å²) in [6.45, 7) is 2.77. The lowest BCUT2D eigenvalue weighted by molar-refractivity contribution is 0.121. The predicted octanol–water partition coefficient (Wildman–Crippen LogP) is 3.07. The van der Waals surface area contributed by atoms with Crippen LogP contribution in [0.1, 0.15) is 13.3 Å². The molecule has 1 aliphatic rings. The van der Waals surface area contributed by atoms with Crippen LogP contribution in [0.15, 0.2) is 18.2 Å². The summed E-state index contributed by atoms with van der Waals surface area (Å²) in [6, 6.07) is 4.99. The van der Waals surface area contributed by atoms with Crippen molar-refractivity contribution in [3.05, 3.63) is 29.0 Å². The maximum atomic E-state index is 13.1. The average molecular weight is 230 g/mol. The fourth-order valence-corrected chi connectivity index (χ4v) is 1.84. The first kappa shape index (κ1) is 10.7. The number of halogens is 2. The van der Waals surface area contributed by atoms with Crippen LogP contribution >= 0.6 is 11.6 Å². The molecule has 1 saturated heterocycles. The summed E-state index contributed by atoms with van der Waals surface area (Å²) in [5, 5.41) is 3.38. The van der Waals surface area contributed by atoms with E-state index in [1.165, 1.54) is 6.07 Å². The maximum Gasteiger partial charge on any atom is 0.143 e. The zero-order valence-electron chi connectivity index (χ0n) is 8.47. The van der Waals surface area contributed by atoms with Crippen LogP contribution < -0.4 is 5.32 Å². The summed E-state index contributed by atoms with van der Waals surface area (Å²) in [4.78, 5) is 0. The van der Waals surface area contributed by atoms with Crippen molar-refractivity contribution < 1.29 is 9.13 Å². The van der Waals surface area contributed by atoms with Crippen LogP contribution in [0.4, 0.5) is 10.1 Å². The summed E-state index contributed by atoms with van der Waals surface area (Å²) in [5.74, 6) is -0.395. The first-order chi connectivity index (χ1) is 7.16. The summed E-state index contributed by atoms with van der Waals surface area (Å²) in [5.41, 5.74) is 0.749. The van der Waals surface area contributed by atoms with Gasteiger partial charge in [0.1, 0.15) is 5.82 Å². The van der Waals surface area contributed by atoms with Crippen molar-refractivity contribution in [3.8, 4) is 0 Å². The Morgan fingerprint density at radius 1 is 1.53 bits per heavy atom. The van der Waals surface area contributed by atoms with Crippen LogP contribution in [0.3, 0.4) is 0 Å². The minimum absolute atomic E-state index is 0.149. The molecule has 0 saturated carbocycles. The molecule has 0 radical (unpaired) electrons. The first-order valence-corrected chi connectivity index (χ1v) is 5.38. The van der Waals surface area contributed by atoms with E-state index in [9.17, 15) is 4.39 Å². The van der Waals surface area contributed by atoms with E-state index >= 15 is 0 Å². The number of nitrogens with one attached hydrogen (secondary N) is 1. The monoisotopic (exact) mass is 229 g/mol. The minimum atomic E-state index is -0.395. The molecule has 0 aromatic heterocycles. The van der Waals surface area contributed by atoms with Crippen LogP contribution in [-0.4, -0.2) is 18.8 Å². The SMILES string of the molecule is CC1OCCC1Nc1ccc(Cl)c(F)c1. The van der Waals surface area contributed by atoms with Gasteiger partial charge in [0.05, 0.1) is 17.2 Å². The second-order valence-corrected chi connectivity index (χ2v) is 4.15. The highest BCUT2D eigenvalue weighted by Gasteiger charge is 2.23. The van der Waals surface area contributed by atoms with Gasteiger partial charge in [-0.1, -0.05) is 11.6 Å². The largest absolute Gasteiger partial charge is 0.380 e. The lowest BCUT2D eigenvalue weighted by Crippen LogP contribution is -2.26. The van der Waals surface area contributed by atoms with E-state index < -0.39 is 5.82 Å². The predicted molar refractivity (Wildman–Crippen MR) is 58.9 cm³/mol. The lowest BCUT2D eigenvalue weighted by atomic mass is 10.1. The van der Waals surface area contributed by atoms with Crippen molar-refractivity contribution in [2.75, 3.05) is 11.9 Å². The Hall–Kier alpha value is -0.800. The van der Waals surface area contributed by atoms with Gasteiger partial charge in [0, 0.05) is 12.3 Å². The van der Waals surface area contributed by atoms with Gasteiger partial charge in [0.15, 0.2) is 0 Å². The first-order valence-electron chi connectivity index (χ1n) is 5.00. The molecule has 0 spiro atoms. The van der Waals surface area contributed by atoms with Crippen molar-refractivity contribution >= 4 is 17.3 Å². The standard InChI is InChI=1S/C11H13ClFNO/c1-7-11(4-5-15-7)14-8-2-3-9(12)10(13)6-8/h2-3,6-7,11,14H,4-5H2,1H3. The third-order valence-electron chi connectivity index (χ3n) is 2.65. The van der Waals surface area contributed by atoms with Crippen LogP contribution in [0, 0.1) is 5.82 Å². The van der Waals surface area contributed by atoms with E-state index in [1.807, 2.05) is 6.92 Å². The van der Waals surface area contributed by atoms with E-state index in [0.717, 1.165) is 18.7 Å². The Labute approximate surface area is 93.4 Å². The molecule has 1 N–H and O–H groups in total. The third kappa shape index (κ3) is 2.41. The number of hydrogen-bond donors (Lipinski definition) is 1. The number of benzene rings is 1. The molecule has 0 aliphatic carbocycles. The lowest BCUT2D eigenvalue weighted by Gasteiger charge is -2.17. The molecule has 0 amide bonds. The summed E-state index contributed by atoms with van der Waals surface area (Å²) in [7, 11) is 0.